The number of carbonyl (C=O) groups excluding carboxylic acids is 1. The Morgan fingerprint density at radius 2 is 2.05 bits per heavy atom. The summed E-state index contributed by atoms with van der Waals surface area (Å²) in [5.74, 6) is 1.01. The van der Waals surface area contributed by atoms with Crippen molar-refractivity contribution in [3.63, 3.8) is 0 Å². The zero-order valence-corrected chi connectivity index (χ0v) is 11.4. The summed E-state index contributed by atoms with van der Waals surface area (Å²) < 4.78 is 0. The van der Waals surface area contributed by atoms with Gasteiger partial charge in [-0.05, 0) is 12.8 Å². The zero-order chi connectivity index (χ0) is 14.1. The van der Waals surface area contributed by atoms with Gasteiger partial charge in [0.15, 0.2) is 6.19 Å². The second-order valence-electron chi connectivity index (χ2n) is 5.13. The average Bonchev–Trinajstić information content (AvgIpc) is 3.05. The van der Waals surface area contributed by atoms with Crippen LogP contribution in [0.2, 0.25) is 0 Å². The van der Waals surface area contributed by atoms with Crippen LogP contribution in [-0.4, -0.2) is 33.9 Å². The van der Waals surface area contributed by atoms with E-state index in [9.17, 15) is 4.79 Å². The van der Waals surface area contributed by atoms with Crippen LogP contribution in [0.25, 0.3) is 0 Å². The Morgan fingerprint density at radius 3 is 2.70 bits per heavy atom. The summed E-state index contributed by atoms with van der Waals surface area (Å²) in [6.07, 6.45) is 4.45. The van der Waals surface area contributed by atoms with E-state index in [1.54, 1.807) is 4.90 Å². The lowest BCUT2D eigenvalue weighted by molar-refractivity contribution is -0.114. The number of hydrogen-bond donors (Lipinski definition) is 1. The van der Waals surface area contributed by atoms with Crippen molar-refractivity contribution in [3.8, 4) is 6.19 Å². The number of rotatable bonds is 2. The van der Waals surface area contributed by atoms with Crippen molar-refractivity contribution in [2.75, 3.05) is 23.3 Å². The molecule has 1 aromatic rings. The number of nitriles is 1. The molecule has 0 aromatic carbocycles. The van der Waals surface area contributed by atoms with Gasteiger partial charge < -0.3 is 9.80 Å². The molecule has 0 saturated carbocycles. The highest BCUT2D eigenvalue weighted by molar-refractivity contribution is 5.87. The second-order valence-corrected chi connectivity index (χ2v) is 5.13. The lowest BCUT2D eigenvalue weighted by Gasteiger charge is -2.20. The molecule has 1 amide bonds. The van der Waals surface area contributed by atoms with Crippen molar-refractivity contribution >= 4 is 17.7 Å². The number of nitrogens with one attached hydrogen (secondary N) is 1. The largest absolute Gasteiger partial charge is 0.356 e. The highest BCUT2D eigenvalue weighted by Crippen LogP contribution is 2.31. The first kappa shape index (κ1) is 12.7. The van der Waals surface area contributed by atoms with E-state index in [1.165, 1.54) is 6.92 Å². The molecule has 0 bridgehead atoms. The Hall–Kier alpha value is -2.36. The lowest BCUT2D eigenvalue weighted by Crippen LogP contribution is -2.22. The normalized spacial score (nSPS) is 17.0. The number of hydrogen-bond acceptors (Lipinski definition) is 6. The van der Waals surface area contributed by atoms with E-state index in [0.717, 1.165) is 43.0 Å². The van der Waals surface area contributed by atoms with Crippen molar-refractivity contribution in [2.24, 2.45) is 0 Å². The fourth-order valence-electron chi connectivity index (χ4n) is 2.71. The minimum atomic E-state index is -0.188. The SMILES string of the molecule is CC(=O)Nc1nc2c(c(N3CCCC3)n1)CN(C#N)C2. The standard InChI is InChI=1S/C13H16N6O/c1-9(20)15-13-16-11-7-18(8-14)6-10(11)12(17-13)19-4-2-3-5-19/h2-7H2,1H3,(H,15,16,17,20). The maximum Gasteiger partial charge on any atom is 0.231 e. The number of fused-ring (bicyclic) bond motifs is 1. The van der Waals surface area contributed by atoms with Gasteiger partial charge in [-0.2, -0.15) is 10.2 Å². The molecule has 3 rings (SSSR count). The van der Waals surface area contributed by atoms with E-state index < -0.39 is 0 Å². The molecule has 0 aliphatic carbocycles. The monoisotopic (exact) mass is 272 g/mol. The van der Waals surface area contributed by atoms with Crippen molar-refractivity contribution in [3.05, 3.63) is 11.3 Å². The molecule has 0 atom stereocenters. The summed E-state index contributed by atoms with van der Waals surface area (Å²) in [5.41, 5.74) is 1.86. The van der Waals surface area contributed by atoms with Crippen molar-refractivity contribution in [1.29, 1.82) is 5.26 Å². The highest BCUT2D eigenvalue weighted by atomic mass is 16.1. The van der Waals surface area contributed by atoms with Crippen LogP contribution in [-0.2, 0) is 17.9 Å². The third-order valence-corrected chi connectivity index (χ3v) is 3.60. The van der Waals surface area contributed by atoms with Gasteiger partial charge in [-0.15, -0.1) is 0 Å². The molecule has 104 valence electrons. The molecular weight excluding hydrogens is 256 g/mol. The van der Waals surface area contributed by atoms with E-state index in [4.69, 9.17) is 5.26 Å². The molecule has 2 aliphatic rings. The summed E-state index contributed by atoms with van der Waals surface area (Å²) in [7, 11) is 0. The summed E-state index contributed by atoms with van der Waals surface area (Å²) in [5, 5.41) is 11.7. The molecule has 0 radical (unpaired) electrons. The number of amides is 1. The Balaban J connectivity index is 2.00. The number of aromatic nitrogens is 2. The Morgan fingerprint density at radius 1 is 1.30 bits per heavy atom. The van der Waals surface area contributed by atoms with Crippen LogP contribution >= 0.6 is 0 Å². The predicted molar refractivity (Wildman–Crippen MR) is 72.6 cm³/mol. The van der Waals surface area contributed by atoms with Gasteiger partial charge in [-0.25, -0.2) is 4.98 Å². The fourth-order valence-corrected chi connectivity index (χ4v) is 2.71. The number of anilines is 2. The van der Waals surface area contributed by atoms with Gasteiger partial charge in [0.1, 0.15) is 5.82 Å². The average molecular weight is 272 g/mol. The molecule has 3 heterocycles. The Kier molecular flexibility index (Phi) is 3.14. The molecule has 7 nitrogen and oxygen atoms in total. The summed E-state index contributed by atoms with van der Waals surface area (Å²) in [6.45, 7) is 4.42. The first-order valence-corrected chi connectivity index (χ1v) is 6.74. The smallest absolute Gasteiger partial charge is 0.231 e. The Bertz CT molecular complexity index is 587. The van der Waals surface area contributed by atoms with Crippen molar-refractivity contribution in [1.82, 2.24) is 14.9 Å². The van der Waals surface area contributed by atoms with Gasteiger partial charge in [-0.3, -0.25) is 10.1 Å². The quantitative estimate of drug-likeness (QED) is 0.803. The molecular formula is C13H16N6O. The molecule has 20 heavy (non-hydrogen) atoms. The predicted octanol–water partition coefficient (Wildman–Crippen LogP) is 0.832. The van der Waals surface area contributed by atoms with Crippen LogP contribution in [0.3, 0.4) is 0 Å². The van der Waals surface area contributed by atoms with Gasteiger partial charge in [0, 0.05) is 25.6 Å². The fraction of sp³-hybridized carbons (Fsp3) is 0.538. The van der Waals surface area contributed by atoms with E-state index in [-0.39, 0.29) is 5.91 Å². The topological polar surface area (TPSA) is 85.2 Å². The van der Waals surface area contributed by atoms with Gasteiger partial charge in [0.25, 0.3) is 0 Å². The number of carbonyl (C=O) groups is 1. The molecule has 0 spiro atoms. The third-order valence-electron chi connectivity index (χ3n) is 3.60. The molecule has 1 aromatic heterocycles. The van der Waals surface area contributed by atoms with E-state index >= 15 is 0 Å². The third kappa shape index (κ3) is 2.25. The van der Waals surface area contributed by atoms with Crippen molar-refractivity contribution < 1.29 is 4.79 Å². The molecule has 2 aliphatic heterocycles. The molecule has 1 fully saturated rings. The van der Waals surface area contributed by atoms with Gasteiger partial charge >= 0.3 is 0 Å². The minimum Gasteiger partial charge on any atom is -0.356 e. The number of nitrogens with zero attached hydrogens (tertiary/aromatic N) is 5. The highest BCUT2D eigenvalue weighted by Gasteiger charge is 2.28. The molecule has 0 unspecified atom stereocenters. The molecule has 1 N–H and O–H groups in total. The summed E-state index contributed by atoms with van der Waals surface area (Å²) in [4.78, 5) is 23.9. The van der Waals surface area contributed by atoms with E-state index in [1.807, 2.05) is 0 Å². The maximum absolute atomic E-state index is 11.2. The van der Waals surface area contributed by atoms with Crippen LogP contribution in [0.15, 0.2) is 0 Å². The maximum atomic E-state index is 11.2. The first-order valence-electron chi connectivity index (χ1n) is 6.74. The molecule has 1 saturated heterocycles. The van der Waals surface area contributed by atoms with Gasteiger partial charge in [0.2, 0.25) is 11.9 Å². The minimum absolute atomic E-state index is 0.188. The van der Waals surface area contributed by atoms with Crippen LogP contribution in [0.1, 0.15) is 31.0 Å². The van der Waals surface area contributed by atoms with Crippen LogP contribution in [0.5, 0.6) is 0 Å². The van der Waals surface area contributed by atoms with E-state index in [0.29, 0.717) is 19.0 Å². The van der Waals surface area contributed by atoms with Gasteiger partial charge in [-0.1, -0.05) is 0 Å². The Labute approximate surface area is 117 Å². The molecule has 7 heteroatoms. The summed E-state index contributed by atoms with van der Waals surface area (Å²) in [6, 6.07) is 0. The first-order chi connectivity index (χ1) is 9.67. The van der Waals surface area contributed by atoms with E-state index in [2.05, 4.69) is 26.4 Å². The van der Waals surface area contributed by atoms with Crippen LogP contribution < -0.4 is 10.2 Å². The zero-order valence-electron chi connectivity index (χ0n) is 11.4. The van der Waals surface area contributed by atoms with Gasteiger partial charge in [0.05, 0.1) is 18.8 Å². The van der Waals surface area contributed by atoms with Crippen molar-refractivity contribution in [2.45, 2.75) is 32.9 Å². The van der Waals surface area contributed by atoms with Crippen LogP contribution in [0, 0.1) is 11.5 Å². The summed E-state index contributed by atoms with van der Waals surface area (Å²) >= 11 is 0. The van der Waals surface area contributed by atoms with Crippen LogP contribution in [0.4, 0.5) is 11.8 Å². The lowest BCUT2D eigenvalue weighted by atomic mass is 10.2. The second kappa shape index (κ2) is 4.96.